The van der Waals surface area contributed by atoms with Crippen molar-refractivity contribution >= 4 is 17.5 Å². The predicted octanol–water partition coefficient (Wildman–Crippen LogP) is 4.67. The lowest BCUT2D eigenvalue weighted by Gasteiger charge is -2.56. The van der Waals surface area contributed by atoms with Crippen molar-refractivity contribution in [3.63, 3.8) is 0 Å². The summed E-state index contributed by atoms with van der Waals surface area (Å²) in [6.45, 7) is 6.83. The minimum Gasteiger partial charge on any atom is -0.481 e. The molecule has 0 amide bonds. The Labute approximate surface area is 177 Å². The molecular formula is C25H32O5. The van der Waals surface area contributed by atoms with E-state index in [-0.39, 0.29) is 34.7 Å². The van der Waals surface area contributed by atoms with Crippen molar-refractivity contribution in [1.82, 2.24) is 0 Å². The fourth-order valence-electron chi connectivity index (χ4n) is 8.19. The van der Waals surface area contributed by atoms with Gasteiger partial charge in [0.25, 0.3) is 0 Å². The molecule has 0 spiro atoms. The quantitative estimate of drug-likeness (QED) is 0.710. The number of carbonyl (C=O) groups is 3. The Morgan fingerprint density at radius 2 is 1.97 bits per heavy atom. The molecule has 5 nitrogen and oxygen atoms in total. The summed E-state index contributed by atoms with van der Waals surface area (Å²) in [5.41, 5.74) is 1.12. The van der Waals surface area contributed by atoms with Crippen molar-refractivity contribution in [2.24, 2.45) is 40.4 Å². The van der Waals surface area contributed by atoms with E-state index in [1.54, 1.807) is 0 Å². The Morgan fingerprint density at radius 3 is 2.70 bits per heavy atom. The third kappa shape index (κ3) is 2.63. The SMILES string of the molecule is C[C@H]1C[C@H]2[C@@H]3CCC4=CC(=O)C5=C(O5)[C@]4(C)[C@H]3CC[C@]2(C)[C@H]1C(=O)CCCC(=O)O. The maximum absolute atomic E-state index is 13.2. The lowest BCUT2D eigenvalue weighted by Crippen LogP contribution is -2.50. The summed E-state index contributed by atoms with van der Waals surface area (Å²) in [5, 5.41) is 8.92. The third-order valence-corrected chi connectivity index (χ3v) is 9.47. The van der Waals surface area contributed by atoms with Gasteiger partial charge in [-0.25, -0.2) is 0 Å². The molecule has 30 heavy (non-hydrogen) atoms. The molecule has 0 bridgehead atoms. The van der Waals surface area contributed by atoms with E-state index in [0.717, 1.165) is 37.9 Å². The van der Waals surface area contributed by atoms with Gasteiger partial charge >= 0.3 is 5.97 Å². The minimum atomic E-state index is -0.826. The van der Waals surface area contributed by atoms with E-state index in [1.807, 2.05) is 6.08 Å². The molecule has 1 aliphatic heterocycles. The second kappa shape index (κ2) is 6.54. The second-order valence-electron chi connectivity index (χ2n) is 10.9. The van der Waals surface area contributed by atoms with Crippen LogP contribution in [-0.4, -0.2) is 22.6 Å². The van der Waals surface area contributed by atoms with Crippen LogP contribution in [0.2, 0.25) is 0 Å². The molecular weight excluding hydrogens is 380 g/mol. The summed E-state index contributed by atoms with van der Waals surface area (Å²) in [7, 11) is 0. The van der Waals surface area contributed by atoms with Crippen molar-refractivity contribution in [1.29, 1.82) is 0 Å². The van der Waals surface area contributed by atoms with Crippen molar-refractivity contribution in [3.8, 4) is 0 Å². The molecule has 5 heteroatoms. The Balaban J connectivity index is 1.39. The number of carboxylic acids is 1. The van der Waals surface area contributed by atoms with Crippen LogP contribution >= 0.6 is 0 Å². The first kappa shape index (κ1) is 20.0. The normalized spacial score (nSPS) is 43.6. The van der Waals surface area contributed by atoms with Gasteiger partial charge in [-0.3, -0.25) is 14.4 Å². The largest absolute Gasteiger partial charge is 0.481 e. The van der Waals surface area contributed by atoms with Crippen LogP contribution in [0.1, 0.15) is 72.1 Å². The molecule has 1 N–H and O–H groups in total. The molecule has 0 aromatic heterocycles. The fraction of sp³-hybridized carbons (Fsp3) is 0.720. The van der Waals surface area contributed by atoms with Crippen LogP contribution in [0.15, 0.2) is 23.2 Å². The van der Waals surface area contributed by atoms with Crippen molar-refractivity contribution in [2.45, 2.75) is 72.1 Å². The average molecular weight is 413 g/mol. The van der Waals surface area contributed by atoms with Crippen molar-refractivity contribution in [2.75, 3.05) is 0 Å². The van der Waals surface area contributed by atoms with Gasteiger partial charge in [0, 0.05) is 18.8 Å². The lowest BCUT2D eigenvalue weighted by atomic mass is 9.47. The number of allylic oxidation sites excluding steroid dienone is 2. The number of fused-ring (bicyclic) bond motifs is 6. The van der Waals surface area contributed by atoms with Gasteiger partial charge in [-0.15, -0.1) is 0 Å². The molecule has 0 aromatic rings. The zero-order valence-electron chi connectivity index (χ0n) is 18.2. The Hall–Kier alpha value is -1.91. The second-order valence-corrected chi connectivity index (χ2v) is 10.9. The van der Waals surface area contributed by atoms with Crippen molar-refractivity contribution < 1.29 is 24.2 Å². The van der Waals surface area contributed by atoms with Crippen LogP contribution < -0.4 is 0 Å². The molecule has 5 aliphatic rings. The molecule has 0 aromatic carbocycles. The number of rotatable bonds is 5. The number of carboxylic acid groups (broad SMARTS) is 1. The van der Waals surface area contributed by atoms with E-state index in [9.17, 15) is 14.4 Å². The van der Waals surface area contributed by atoms with Gasteiger partial charge in [0.2, 0.25) is 11.5 Å². The zero-order chi connectivity index (χ0) is 21.4. The highest BCUT2D eigenvalue weighted by molar-refractivity contribution is 6.07. The summed E-state index contributed by atoms with van der Waals surface area (Å²) in [6, 6.07) is 0. The van der Waals surface area contributed by atoms with Gasteiger partial charge in [-0.05, 0) is 80.6 Å². The summed E-state index contributed by atoms with van der Waals surface area (Å²) < 4.78 is 5.72. The van der Waals surface area contributed by atoms with Gasteiger partial charge in [0.1, 0.15) is 5.78 Å². The predicted molar refractivity (Wildman–Crippen MR) is 110 cm³/mol. The van der Waals surface area contributed by atoms with E-state index in [1.165, 1.54) is 5.57 Å². The number of ether oxygens (including phenoxy) is 1. The molecule has 4 aliphatic carbocycles. The standard InChI is InChI=1S/C25H32O5/c1-13-11-17-15-8-7-14-12-19(27)22-23(30-22)25(14,3)16(15)9-10-24(17,2)21(13)18(26)5-4-6-20(28)29/h12-13,15-17,21H,4-11H2,1-3H3,(H,28,29)/t13-,15+,16-,17-,21+,24-,25-/m0/s1. The summed E-state index contributed by atoms with van der Waals surface area (Å²) >= 11 is 0. The molecule has 162 valence electrons. The topological polar surface area (TPSA) is 84.0 Å². The molecule has 3 fully saturated rings. The maximum Gasteiger partial charge on any atom is 0.303 e. The summed E-state index contributed by atoms with van der Waals surface area (Å²) in [4.78, 5) is 36.2. The van der Waals surface area contributed by atoms with E-state index in [0.29, 0.717) is 42.3 Å². The molecule has 0 unspecified atom stereocenters. The fourth-order valence-corrected chi connectivity index (χ4v) is 8.19. The van der Waals surface area contributed by atoms with Crippen LogP contribution in [0.25, 0.3) is 0 Å². The van der Waals surface area contributed by atoms with Gasteiger partial charge in [-0.2, -0.15) is 0 Å². The van der Waals surface area contributed by atoms with E-state index < -0.39 is 5.97 Å². The number of ketones is 2. The number of hydrogen-bond acceptors (Lipinski definition) is 4. The van der Waals surface area contributed by atoms with Crippen LogP contribution in [-0.2, 0) is 19.1 Å². The van der Waals surface area contributed by atoms with E-state index >= 15 is 0 Å². The van der Waals surface area contributed by atoms with Crippen molar-refractivity contribution in [3.05, 3.63) is 23.2 Å². The molecule has 7 atom stereocenters. The highest BCUT2D eigenvalue weighted by Gasteiger charge is 2.65. The zero-order valence-corrected chi connectivity index (χ0v) is 18.2. The highest BCUT2D eigenvalue weighted by atomic mass is 16.6. The molecule has 0 radical (unpaired) electrons. The lowest BCUT2D eigenvalue weighted by molar-refractivity contribution is -0.137. The van der Waals surface area contributed by atoms with Gasteiger partial charge in [0.15, 0.2) is 5.76 Å². The Kier molecular flexibility index (Phi) is 4.37. The number of aliphatic carboxylic acids is 1. The van der Waals surface area contributed by atoms with Crippen LogP contribution in [0.5, 0.6) is 0 Å². The molecule has 5 rings (SSSR count). The van der Waals surface area contributed by atoms with Crippen LogP contribution in [0.3, 0.4) is 0 Å². The molecule has 0 saturated heterocycles. The third-order valence-electron chi connectivity index (χ3n) is 9.47. The number of Topliss-reactive ketones (excluding diaryl/α,β-unsaturated/α-hetero) is 1. The first-order valence-electron chi connectivity index (χ1n) is 11.6. The first-order valence-corrected chi connectivity index (χ1v) is 11.6. The van der Waals surface area contributed by atoms with E-state index in [2.05, 4.69) is 20.8 Å². The number of hydrogen-bond donors (Lipinski definition) is 1. The average Bonchev–Trinajstić information content (AvgIpc) is 3.43. The Morgan fingerprint density at radius 1 is 1.20 bits per heavy atom. The summed E-state index contributed by atoms with van der Waals surface area (Å²) in [6.07, 6.45) is 7.93. The van der Waals surface area contributed by atoms with Crippen LogP contribution in [0.4, 0.5) is 0 Å². The van der Waals surface area contributed by atoms with Gasteiger partial charge in [-0.1, -0.05) is 19.4 Å². The molecule has 1 heterocycles. The smallest absolute Gasteiger partial charge is 0.303 e. The summed E-state index contributed by atoms with van der Waals surface area (Å²) in [5.74, 6) is 2.93. The maximum atomic E-state index is 13.2. The highest BCUT2D eigenvalue weighted by Crippen LogP contribution is 2.70. The minimum absolute atomic E-state index is 0.00454. The van der Waals surface area contributed by atoms with Gasteiger partial charge in [0.05, 0.1) is 5.41 Å². The Bertz CT molecular complexity index is 897. The number of carbonyl (C=O) groups excluding carboxylic acids is 2. The molecule has 3 saturated carbocycles. The monoisotopic (exact) mass is 412 g/mol. The van der Waals surface area contributed by atoms with Crippen LogP contribution in [0, 0.1) is 40.4 Å². The first-order chi connectivity index (χ1) is 14.2. The van der Waals surface area contributed by atoms with Gasteiger partial charge < -0.3 is 9.84 Å². The van der Waals surface area contributed by atoms with E-state index in [4.69, 9.17) is 9.84 Å².